The molecular formula is C13H17ClN4S. The molecule has 1 aromatic heterocycles. The maximum atomic E-state index is 6.06. The molecule has 0 aliphatic rings. The Morgan fingerprint density at radius 1 is 1.42 bits per heavy atom. The smallest absolute Gasteiger partial charge is 0.188 e. The van der Waals surface area contributed by atoms with Crippen molar-refractivity contribution in [1.29, 1.82) is 0 Å². The van der Waals surface area contributed by atoms with Gasteiger partial charge in [0.15, 0.2) is 5.16 Å². The van der Waals surface area contributed by atoms with Gasteiger partial charge in [-0.15, -0.1) is 0 Å². The van der Waals surface area contributed by atoms with Gasteiger partial charge in [0.05, 0.1) is 0 Å². The monoisotopic (exact) mass is 296 g/mol. The summed E-state index contributed by atoms with van der Waals surface area (Å²) in [5.74, 6) is 0.637. The van der Waals surface area contributed by atoms with Crippen LogP contribution in [0.1, 0.15) is 19.4 Å². The highest BCUT2D eigenvalue weighted by Gasteiger charge is 2.07. The summed E-state index contributed by atoms with van der Waals surface area (Å²) in [6, 6.07) is 5.92. The standard InChI is InChI=1S/C13H17ClN4S/c1-9(2)6-15-7-10-3-4-11(14)5-12(10)19-13-16-8-17-18-13/h3-5,8-9,15H,6-7H2,1-2H3,(H,16,17,18). The average Bonchev–Trinajstić information content (AvgIpc) is 2.84. The van der Waals surface area contributed by atoms with Gasteiger partial charge >= 0.3 is 0 Å². The van der Waals surface area contributed by atoms with E-state index in [0.29, 0.717) is 5.92 Å². The zero-order valence-corrected chi connectivity index (χ0v) is 12.6. The SMILES string of the molecule is CC(C)CNCc1ccc(Cl)cc1Sc1ncn[nH]1. The third-order valence-electron chi connectivity index (χ3n) is 2.50. The van der Waals surface area contributed by atoms with E-state index in [9.17, 15) is 0 Å². The van der Waals surface area contributed by atoms with Crippen LogP contribution in [0.5, 0.6) is 0 Å². The van der Waals surface area contributed by atoms with Crippen LogP contribution in [0.3, 0.4) is 0 Å². The fourth-order valence-corrected chi connectivity index (χ4v) is 2.71. The molecule has 0 radical (unpaired) electrons. The Labute approximate surface area is 122 Å². The Kier molecular flexibility index (Phi) is 5.24. The Bertz CT molecular complexity index is 513. The number of aromatic nitrogens is 3. The molecule has 0 fully saturated rings. The molecule has 0 unspecified atom stereocenters. The number of halogens is 1. The predicted octanol–water partition coefficient (Wildman–Crippen LogP) is 3.35. The molecular weight excluding hydrogens is 280 g/mol. The molecule has 6 heteroatoms. The van der Waals surface area contributed by atoms with Crippen LogP contribution in [0, 0.1) is 5.92 Å². The summed E-state index contributed by atoms with van der Waals surface area (Å²) in [5.41, 5.74) is 1.21. The van der Waals surface area contributed by atoms with Gasteiger partial charge < -0.3 is 5.32 Å². The van der Waals surface area contributed by atoms with Crippen LogP contribution in [-0.4, -0.2) is 21.7 Å². The van der Waals surface area contributed by atoms with Crippen molar-refractivity contribution in [3.8, 4) is 0 Å². The molecule has 0 aliphatic carbocycles. The highest BCUT2D eigenvalue weighted by molar-refractivity contribution is 7.99. The summed E-state index contributed by atoms with van der Waals surface area (Å²) in [6.07, 6.45) is 1.50. The molecule has 1 aromatic carbocycles. The third-order valence-corrected chi connectivity index (χ3v) is 3.72. The Balaban J connectivity index is 2.09. The first-order valence-corrected chi connectivity index (χ1v) is 7.37. The Morgan fingerprint density at radius 3 is 2.95 bits per heavy atom. The van der Waals surface area contributed by atoms with E-state index in [1.54, 1.807) is 11.8 Å². The summed E-state index contributed by atoms with van der Waals surface area (Å²) < 4.78 is 0. The zero-order chi connectivity index (χ0) is 13.7. The highest BCUT2D eigenvalue weighted by Crippen LogP contribution is 2.30. The minimum Gasteiger partial charge on any atom is -0.312 e. The molecule has 0 amide bonds. The second-order valence-corrected chi connectivity index (χ2v) is 6.14. The van der Waals surface area contributed by atoms with Gasteiger partial charge in [-0.25, -0.2) is 4.98 Å². The molecule has 1 heterocycles. The van der Waals surface area contributed by atoms with E-state index in [-0.39, 0.29) is 0 Å². The first-order valence-electron chi connectivity index (χ1n) is 6.17. The molecule has 4 nitrogen and oxygen atoms in total. The summed E-state index contributed by atoms with van der Waals surface area (Å²) in [7, 11) is 0. The van der Waals surface area contributed by atoms with Crippen LogP contribution < -0.4 is 5.32 Å². The number of rotatable bonds is 6. The first-order chi connectivity index (χ1) is 9.15. The summed E-state index contributed by atoms with van der Waals surface area (Å²) in [4.78, 5) is 5.22. The van der Waals surface area contributed by atoms with E-state index in [2.05, 4.69) is 34.3 Å². The number of H-pyrrole nitrogens is 1. The van der Waals surface area contributed by atoms with Crippen molar-refractivity contribution in [3.05, 3.63) is 35.1 Å². The van der Waals surface area contributed by atoms with Crippen LogP contribution in [-0.2, 0) is 6.54 Å². The number of hydrogen-bond acceptors (Lipinski definition) is 4. The van der Waals surface area contributed by atoms with Gasteiger partial charge in [-0.1, -0.05) is 31.5 Å². The molecule has 2 rings (SSSR count). The van der Waals surface area contributed by atoms with Gasteiger partial charge in [-0.3, -0.25) is 5.10 Å². The fourth-order valence-electron chi connectivity index (χ4n) is 1.61. The number of nitrogens with one attached hydrogen (secondary N) is 2. The first kappa shape index (κ1) is 14.4. The van der Waals surface area contributed by atoms with Crippen molar-refractivity contribution < 1.29 is 0 Å². The van der Waals surface area contributed by atoms with E-state index >= 15 is 0 Å². The van der Waals surface area contributed by atoms with Crippen LogP contribution >= 0.6 is 23.4 Å². The summed E-state index contributed by atoms with van der Waals surface area (Å²) in [6.45, 7) is 6.21. The Morgan fingerprint density at radius 2 is 2.26 bits per heavy atom. The topological polar surface area (TPSA) is 53.6 Å². The van der Waals surface area contributed by atoms with Crippen molar-refractivity contribution in [2.75, 3.05) is 6.54 Å². The van der Waals surface area contributed by atoms with E-state index in [1.165, 1.54) is 11.9 Å². The minimum atomic E-state index is 0.637. The molecule has 2 N–H and O–H groups in total. The van der Waals surface area contributed by atoms with E-state index in [0.717, 1.165) is 28.2 Å². The number of hydrogen-bond donors (Lipinski definition) is 2. The predicted molar refractivity (Wildman–Crippen MR) is 78.5 cm³/mol. The van der Waals surface area contributed by atoms with Gasteiger partial charge in [0.25, 0.3) is 0 Å². The molecule has 102 valence electrons. The quantitative estimate of drug-likeness (QED) is 0.858. The van der Waals surface area contributed by atoms with E-state index < -0.39 is 0 Å². The van der Waals surface area contributed by atoms with E-state index in [4.69, 9.17) is 11.6 Å². The lowest BCUT2D eigenvalue weighted by atomic mass is 10.2. The van der Waals surface area contributed by atoms with Crippen molar-refractivity contribution in [1.82, 2.24) is 20.5 Å². The molecule has 0 atom stereocenters. The average molecular weight is 297 g/mol. The molecule has 0 spiro atoms. The maximum Gasteiger partial charge on any atom is 0.188 e. The van der Waals surface area contributed by atoms with Crippen molar-refractivity contribution >= 4 is 23.4 Å². The van der Waals surface area contributed by atoms with Crippen molar-refractivity contribution in [2.24, 2.45) is 5.92 Å². The number of aromatic amines is 1. The largest absolute Gasteiger partial charge is 0.312 e. The van der Waals surface area contributed by atoms with Crippen molar-refractivity contribution in [3.63, 3.8) is 0 Å². The van der Waals surface area contributed by atoms with E-state index in [1.807, 2.05) is 18.2 Å². The van der Waals surface area contributed by atoms with Crippen molar-refractivity contribution in [2.45, 2.75) is 30.4 Å². The lowest BCUT2D eigenvalue weighted by Crippen LogP contribution is -2.19. The summed E-state index contributed by atoms with van der Waals surface area (Å²) in [5, 5.41) is 11.6. The fraction of sp³-hybridized carbons (Fsp3) is 0.385. The normalized spacial score (nSPS) is 11.2. The second-order valence-electron chi connectivity index (χ2n) is 4.67. The Hall–Kier alpha value is -1.04. The molecule has 2 aromatic rings. The summed E-state index contributed by atoms with van der Waals surface area (Å²) >= 11 is 7.60. The van der Waals surface area contributed by atoms with Gasteiger partial charge in [-0.2, -0.15) is 5.10 Å². The lowest BCUT2D eigenvalue weighted by Gasteiger charge is -2.11. The van der Waals surface area contributed by atoms with Crippen LogP contribution in [0.25, 0.3) is 0 Å². The minimum absolute atomic E-state index is 0.637. The van der Waals surface area contributed by atoms with Gasteiger partial charge in [0.1, 0.15) is 6.33 Å². The third kappa shape index (κ3) is 4.53. The molecule has 0 aliphatic heterocycles. The van der Waals surface area contributed by atoms with Gasteiger partial charge in [0.2, 0.25) is 0 Å². The van der Waals surface area contributed by atoms with Gasteiger partial charge in [0, 0.05) is 16.5 Å². The van der Waals surface area contributed by atoms with Crippen LogP contribution in [0.4, 0.5) is 0 Å². The molecule has 0 saturated heterocycles. The molecule has 0 bridgehead atoms. The second kappa shape index (κ2) is 6.93. The number of nitrogens with zero attached hydrogens (tertiary/aromatic N) is 2. The van der Waals surface area contributed by atoms with Crippen LogP contribution in [0.2, 0.25) is 5.02 Å². The van der Waals surface area contributed by atoms with Gasteiger partial charge in [-0.05, 0) is 41.9 Å². The lowest BCUT2D eigenvalue weighted by molar-refractivity contribution is 0.550. The highest BCUT2D eigenvalue weighted by atomic mass is 35.5. The van der Waals surface area contributed by atoms with Crippen LogP contribution in [0.15, 0.2) is 34.6 Å². The maximum absolute atomic E-state index is 6.06. The molecule has 19 heavy (non-hydrogen) atoms. The molecule has 0 saturated carbocycles. The number of benzene rings is 1. The zero-order valence-electron chi connectivity index (χ0n) is 11.0.